The molecule has 0 N–H and O–H groups in total. The van der Waals surface area contributed by atoms with E-state index < -0.39 is 23.6 Å². The molecule has 0 aliphatic carbocycles. The van der Waals surface area contributed by atoms with Gasteiger partial charge in [0, 0.05) is 24.4 Å². The van der Waals surface area contributed by atoms with Gasteiger partial charge in [-0.1, -0.05) is 0 Å². The normalized spacial score (nSPS) is 13.9. The van der Waals surface area contributed by atoms with E-state index in [0.29, 0.717) is 0 Å². The van der Waals surface area contributed by atoms with E-state index in [1.54, 1.807) is 7.05 Å². The van der Waals surface area contributed by atoms with Gasteiger partial charge in [-0.2, -0.15) is 13.2 Å². The van der Waals surface area contributed by atoms with Crippen LogP contribution in [-0.4, -0.2) is 22.2 Å². The molecule has 1 atom stereocenters. The molecule has 0 spiro atoms. The van der Waals surface area contributed by atoms with E-state index in [2.05, 4.69) is 0 Å². The van der Waals surface area contributed by atoms with Crippen molar-refractivity contribution in [1.29, 1.82) is 0 Å². The van der Waals surface area contributed by atoms with Gasteiger partial charge in [0.15, 0.2) is 0 Å². The maximum Gasteiger partial charge on any atom is 0.402 e. The Bertz CT molecular complexity index is 359. The van der Waals surface area contributed by atoms with Crippen molar-refractivity contribution in [3.8, 4) is 0 Å². The molecule has 0 saturated heterocycles. The Morgan fingerprint density at radius 3 is 2.53 bits per heavy atom. The summed E-state index contributed by atoms with van der Waals surface area (Å²) < 4.78 is 38.8. The lowest BCUT2D eigenvalue weighted by atomic mass is 10.0. The minimum Gasteiger partial charge on any atom is -0.357 e. The summed E-state index contributed by atoms with van der Waals surface area (Å²) in [4.78, 5) is 9.18. The largest absolute Gasteiger partial charge is 0.402 e. The first-order chi connectivity index (χ1) is 6.80. The van der Waals surface area contributed by atoms with Gasteiger partial charge in [0.25, 0.3) is 0 Å². The fraction of sp³-hybridized carbons (Fsp3) is 0.500. The van der Waals surface area contributed by atoms with Crippen molar-refractivity contribution in [2.24, 2.45) is 7.05 Å². The lowest BCUT2D eigenvalue weighted by molar-refractivity contribution is -0.490. The Morgan fingerprint density at radius 2 is 2.20 bits per heavy atom. The topological polar surface area (TPSA) is 48.1 Å². The smallest absolute Gasteiger partial charge is 0.357 e. The molecule has 0 bridgehead atoms. The third-order valence-electron chi connectivity index (χ3n) is 1.98. The molecule has 0 aliphatic rings. The highest BCUT2D eigenvalue weighted by molar-refractivity contribution is 5.17. The van der Waals surface area contributed by atoms with Gasteiger partial charge in [0.05, 0.1) is 0 Å². The molecular weight excluding hydrogens is 213 g/mol. The minimum atomic E-state index is -4.59. The summed E-state index contributed by atoms with van der Waals surface area (Å²) in [6.45, 7) is -1.13. The molecule has 0 amide bonds. The van der Waals surface area contributed by atoms with Gasteiger partial charge in [-0.05, 0) is 11.6 Å². The molecule has 0 radical (unpaired) electrons. The molecule has 4 nitrogen and oxygen atoms in total. The van der Waals surface area contributed by atoms with Crippen LogP contribution in [0.15, 0.2) is 18.5 Å². The summed E-state index contributed by atoms with van der Waals surface area (Å²) >= 11 is 0. The minimum absolute atomic E-state index is 0.0818. The first kappa shape index (κ1) is 11.5. The summed E-state index contributed by atoms with van der Waals surface area (Å²) in [5, 5.41) is 10.1. The Morgan fingerprint density at radius 1 is 1.60 bits per heavy atom. The molecule has 15 heavy (non-hydrogen) atoms. The summed E-state index contributed by atoms with van der Waals surface area (Å²) in [5.74, 6) is -2.03. The maximum atomic E-state index is 12.5. The third-order valence-corrected chi connectivity index (χ3v) is 1.98. The number of alkyl halides is 3. The molecule has 1 aromatic rings. The number of rotatable bonds is 3. The molecule has 0 aromatic carbocycles. The van der Waals surface area contributed by atoms with Crippen LogP contribution in [0.3, 0.4) is 0 Å². The van der Waals surface area contributed by atoms with Crippen molar-refractivity contribution < 1.29 is 18.1 Å². The van der Waals surface area contributed by atoms with Crippen LogP contribution in [0.2, 0.25) is 0 Å². The van der Waals surface area contributed by atoms with E-state index in [1.807, 2.05) is 0 Å². The van der Waals surface area contributed by atoms with E-state index >= 15 is 0 Å². The highest BCUT2D eigenvalue weighted by Gasteiger charge is 2.44. The second-order valence-corrected chi connectivity index (χ2v) is 3.22. The monoisotopic (exact) mass is 222 g/mol. The van der Waals surface area contributed by atoms with Crippen LogP contribution in [0.1, 0.15) is 11.5 Å². The van der Waals surface area contributed by atoms with Gasteiger partial charge in [0.2, 0.25) is 6.54 Å². The number of aromatic nitrogens is 1. The molecule has 1 rings (SSSR count). The molecule has 0 saturated carbocycles. The van der Waals surface area contributed by atoms with Crippen LogP contribution in [0, 0.1) is 10.1 Å². The van der Waals surface area contributed by atoms with Crippen molar-refractivity contribution in [2.75, 3.05) is 6.54 Å². The molecular formula is C8H9F3N2O2. The van der Waals surface area contributed by atoms with Crippen molar-refractivity contribution >= 4 is 0 Å². The quantitative estimate of drug-likeness (QED) is 0.579. The SMILES string of the molecule is Cn1ccc(C(C[N+](=O)[O-])C(F)(F)F)c1. The fourth-order valence-corrected chi connectivity index (χ4v) is 1.28. The standard InChI is InChI=1S/C8H9F3N2O2/c1-12-3-2-6(4-12)7(5-13(14)15)8(9,10)11/h2-4,7H,5H2,1H3. The van der Waals surface area contributed by atoms with Crippen molar-refractivity contribution in [3.63, 3.8) is 0 Å². The zero-order valence-corrected chi connectivity index (χ0v) is 7.86. The third kappa shape index (κ3) is 2.97. The highest BCUT2D eigenvalue weighted by atomic mass is 19.4. The first-order valence-corrected chi connectivity index (χ1v) is 4.11. The van der Waals surface area contributed by atoms with Crippen LogP contribution in [0.25, 0.3) is 0 Å². The number of hydrogen-bond acceptors (Lipinski definition) is 2. The van der Waals surface area contributed by atoms with Gasteiger partial charge in [0.1, 0.15) is 5.92 Å². The van der Waals surface area contributed by atoms with E-state index in [-0.39, 0.29) is 5.56 Å². The molecule has 1 heterocycles. The number of aryl methyl sites for hydroxylation is 1. The highest BCUT2D eigenvalue weighted by Crippen LogP contribution is 2.34. The maximum absolute atomic E-state index is 12.5. The lowest BCUT2D eigenvalue weighted by Crippen LogP contribution is -2.27. The average molecular weight is 222 g/mol. The summed E-state index contributed by atoms with van der Waals surface area (Å²) in [5.41, 5.74) is -0.0818. The second-order valence-electron chi connectivity index (χ2n) is 3.22. The van der Waals surface area contributed by atoms with Crippen LogP contribution >= 0.6 is 0 Å². The second kappa shape index (κ2) is 3.92. The molecule has 84 valence electrons. The molecule has 7 heteroatoms. The van der Waals surface area contributed by atoms with E-state index in [0.717, 1.165) is 0 Å². The Labute approximate surface area is 83.5 Å². The molecule has 1 unspecified atom stereocenters. The Kier molecular flexibility index (Phi) is 3.01. The van der Waals surface area contributed by atoms with Gasteiger partial charge < -0.3 is 4.57 Å². The van der Waals surface area contributed by atoms with Crippen LogP contribution in [0.5, 0.6) is 0 Å². The van der Waals surface area contributed by atoms with E-state index in [1.165, 1.54) is 23.0 Å². The predicted octanol–water partition coefficient (Wildman–Crippen LogP) is 1.95. The Balaban J connectivity index is 2.96. The van der Waals surface area contributed by atoms with E-state index in [9.17, 15) is 23.3 Å². The van der Waals surface area contributed by atoms with E-state index in [4.69, 9.17) is 0 Å². The summed E-state index contributed by atoms with van der Waals surface area (Å²) in [6, 6.07) is 1.24. The van der Waals surface area contributed by atoms with Gasteiger partial charge in [-0.3, -0.25) is 10.1 Å². The number of nitro groups is 1. The van der Waals surface area contributed by atoms with Crippen molar-refractivity contribution in [2.45, 2.75) is 12.1 Å². The molecule has 0 aliphatic heterocycles. The number of nitrogens with zero attached hydrogens (tertiary/aromatic N) is 2. The molecule has 0 fully saturated rings. The van der Waals surface area contributed by atoms with Gasteiger partial charge >= 0.3 is 6.18 Å². The molecule has 1 aromatic heterocycles. The fourth-order valence-electron chi connectivity index (χ4n) is 1.28. The lowest BCUT2D eigenvalue weighted by Gasteiger charge is -2.14. The zero-order valence-electron chi connectivity index (χ0n) is 7.86. The Hall–Kier alpha value is -1.53. The average Bonchev–Trinajstić information content (AvgIpc) is 2.45. The van der Waals surface area contributed by atoms with Crippen LogP contribution in [0.4, 0.5) is 13.2 Å². The first-order valence-electron chi connectivity index (χ1n) is 4.11. The van der Waals surface area contributed by atoms with Gasteiger partial charge in [-0.15, -0.1) is 0 Å². The van der Waals surface area contributed by atoms with Crippen LogP contribution in [-0.2, 0) is 7.05 Å². The predicted molar refractivity (Wildman–Crippen MR) is 46.1 cm³/mol. The summed E-state index contributed by atoms with van der Waals surface area (Å²) in [6.07, 6.45) is -1.93. The van der Waals surface area contributed by atoms with Crippen LogP contribution < -0.4 is 0 Å². The van der Waals surface area contributed by atoms with Gasteiger partial charge in [-0.25, -0.2) is 0 Å². The van der Waals surface area contributed by atoms with Crippen molar-refractivity contribution in [1.82, 2.24) is 4.57 Å². The zero-order chi connectivity index (χ0) is 11.6. The number of halogens is 3. The van der Waals surface area contributed by atoms with Crippen molar-refractivity contribution in [3.05, 3.63) is 34.1 Å². The number of hydrogen-bond donors (Lipinski definition) is 0. The summed E-state index contributed by atoms with van der Waals surface area (Å²) in [7, 11) is 1.56.